The van der Waals surface area contributed by atoms with Crippen molar-refractivity contribution in [1.82, 2.24) is 14.8 Å². The molecule has 1 rings (SSSR count). The number of aryl methyl sites for hydroxylation is 2. The van der Waals surface area contributed by atoms with Gasteiger partial charge in [-0.1, -0.05) is 6.58 Å². The molecule has 1 aromatic rings. The van der Waals surface area contributed by atoms with E-state index in [0.29, 0.717) is 11.6 Å². The van der Waals surface area contributed by atoms with Crippen LogP contribution in [0.15, 0.2) is 12.2 Å². The zero-order chi connectivity index (χ0) is 10.0. The Labute approximate surface area is 75.7 Å². The predicted octanol–water partition coefficient (Wildman–Crippen LogP) is 0.536. The molecular formula is C8H11N3O2. The zero-order valence-corrected chi connectivity index (χ0v) is 7.61. The molecule has 1 N–H and O–H groups in total. The molecule has 13 heavy (non-hydrogen) atoms. The summed E-state index contributed by atoms with van der Waals surface area (Å²) in [4.78, 5) is 14.5. The van der Waals surface area contributed by atoms with E-state index in [-0.39, 0.29) is 12.1 Å². The quantitative estimate of drug-likeness (QED) is 0.691. The van der Waals surface area contributed by atoms with Gasteiger partial charge in [-0.3, -0.25) is 0 Å². The maximum atomic E-state index is 10.5. The second-order valence-electron chi connectivity index (χ2n) is 2.77. The fourth-order valence-corrected chi connectivity index (χ4v) is 0.959. The Bertz CT molecular complexity index is 354. The summed E-state index contributed by atoms with van der Waals surface area (Å²) in [6, 6.07) is 0. The number of hydrogen-bond donors (Lipinski definition) is 1. The zero-order valence-electron chi connectivity index (χ0n) is 7.61. The van der Waals surface area contributed by atoms with Crippen LogP contribution in [0.25, 0.3) is 0 Å². The Morgan fingerprint density at radius 3 is 2.62 bits per heavy atom. The number of nitrogens with zero attached hydrogens (tertiary/aromatic N) is 3. The average molecular weight is 181 g/mol. The molecule has 0 amide bonds. The lowest BCUT2D eigenvalue weighted by Crippen LogP contribution is -2.10. The minimum Gasteiger partial charge on any atom is -0.478 e. The van der Waals surface area contributed by atoms with E-state index in [4.69, 9.17) is 5.11 Å². The van der Waals surface area contributed by atoms with Gasteiger partial charge in [-0.2, -0.15) is 5.10 Å². The van der Waals surface area contributed by atoms with E-state index in [9.17, 15) is 4.79 Å². The van der Waals surface area contributed by atoms with Crippen molar-refractivity contribution in [1.29, 1.82) is 0 Å². The van der Waals surface area contributed by atoms with E-state index in [1.54, 1.807) is 13.8 Å². The second-order valence-corrected chi connectivity index (χ2v) is 2.77. The molecule has 5 heteroatoms. The molecule has 0 saturated heterocycles. The number of carboxylic acid groups (broad SMARTS) is 1. The van der Waals surface area contributed by atoms with Gasteiger partial charge in [0.05, 0.1) is 12.1 Å². The van der Waals surface area contributed by atoms with Crippen molar-refractivity contribution in [3.63, 3.8) is 0 Å². The Hall–Kier alpha value is -1.65. The smallest absolute Gasteiger partial charge is 0.332 e. The summed E-state index contributed by atoms with van der Waals surface area (Å²) in [6.07, 6.45) is 0. The van der Waals surface area contributed by atoms with Crippen molar-refractivity contribution >= 4 is 5.97 Å². The first-order chi connectivity index (χ1) is 6.00. The van der Waals surface area contributed by atoms with Gasteiger partial charge in [0.25, 0.3) is 0 Å². The normalized spacial score (nSPS) is 10.0. The molecule has 0 saturated carbocycles. The Morgan fingerprint density at radius 1 is 1.62 bits per heavy atom. The van der Waals surface area contributed by atoms with Crippen molar-refractivity contribution in [3.8, 4) is 0 Å². The highest BCUT2D eigenvalue weighted by molar-refractivity contribution is 5.85. The van der Waals surface area contributed by atoms with E-state index in [1.807, 2.05) is 0 Å². The van der Waals surface area contributed by atoms with Crippen LogP contribution in [-0.4, -0.2) is 25.8 Å². The summed E-state index contributed by atoms with van der Waals surface area (Å²) in [7, 11) is 0. The first kappa shape index (κ1) is 9.44. The summed E-state index contributed by atoms with van der Waals surface area (Å²) >= 11 is 0. The Balaban J connectivity index is 2.80. The molecule has 0 spiro atoms. The van der Waals surface area contributed by atoms with Gasteiger partial charge < -0.3 is 5.11 Å². The number of carboxylic acids is 1. The first-order valence-corrected chi connectivity index (χ1v) is 3.80. The molecule has 0 atom stereocenters. The van der Waals surface area contributed by atoms with Crippen LogP contribution in [0.4, 0.5) is 0 Å². The highest BCUT2D eigenvalue weighted by Gasteiger charge is 2.08. The number of aromatic nitrogens is 3. The highest BCUT2D eigenvalue weighted by Crippen LogP contribution is 2.00. The maximum absolute atomic E-state index is 10.5. The summed E-state index contributed by atoms with van der Waals surface area (Å²) in [6.45, 7) is 7.12. The standard InChI is InChI=1S/C8H11N3O2/c1-5(8(12)13)4-11-7(3)9-6(2)10-11/h1,4H2,2-3H3,(H,12,13). The fourth-order valence-electron chi connectivity index (χ4n) is 0.959. The Morgan fingerprint density at radius 2 is 2.23 bits per heavy atom. The third-order valence-corrected chi connectivity index (χ3v) is 1.61. The van der Waals surface area contributed by atoms with Gasteiger partial charge in [-0.25, -0.2) is 14.5 Å². The largest absolute Gasteiger partial charge is 0.478 e. The van der Waals surface area contributed by atoms with Crippen LogP contribution >= 0.6 is 0 Å². The molecule has 0 unspecified atom stereocenters. The molecular weight excluding hydrogens is 170 g/mol. The summed E-state index contributed by atoms with van der Waals surface area (Å²) in [5, 5.41) is 12.6. The van der Waals surface area contributed by atoms with Crippen LogP contribution in [0.2, 0.25) is 0 Å². The first-order valence-electron chi connectivity index (χ1n) is 3.80. The predicted molar refractivity (Wildman–Crippen MR) is 46.3 cm³/mol. The molecule has 1 heterocycles. The SMILES string of the molecule is C=C(Cn1nc(C)nc1C)C(=O)O. The topological polar surface area (TPSA) is 68.0 Å². The van der Waals surface area contributed by atoms with Gasteiger partial charge in [-0.15, -0.1) is 0 Å². The molecule has 1 aromatic heterocycles. The third-order valence-electron chi connectivity index (χ3n) is 1.61. The molecule has 0 radical (unpaired) electrons. The fraction of sp³-hybridized carbons (Fsp3) is 0.375. The van der Waals surface area contributed by atoms with Gasteiger partial charge in [0.1, 0.15) is 11.6 Å². The molecule has 70 valence electrons. The van der Waals surface area contributed by atoms with Gasteiger partial charge in [0.15, 0.2) is 0 Å². The lowest BCUT2D eigenvalue weighted by Gasteiger charge is -2.01. The molecule has 0 bridgehead atoms. The van der Waals surface area contributed by atoms with Gasteiger partial charge in [0, 0.05) is 0 Å². The van der Waals surface area contributed by atoms with E-state index >= 15 is 0 Å². The maximum Gasteiger partial charge on any atom is 0.332 e. The average Bonchev–Trinajstić information content (AvgIpc) is 2.30. The van der Waals surface area contributed by atoms with Crippen LogP contribution in [0.3, 0.4) is 0 Å². The lowest BCUT2D eigenvalue weighted by atomic mass is 10.3. The number of aliphatic carboxylic acids is 1. The molecule has 0 fully saturated rings. The van der Waals surface area contributed by atoms with Crippen molar-refractivity contribution in [3.05, 3.63) is 23.8 Å². The lowest BCUT2D eigenvalue weighted by molar-refractivity contribution is -0.132. The summed E-state index contributed by atoms with van der Waals surface area (Å²) < 4.78 is 1.52. The van der Waals surface area contributed by atoms with Crippen LogP contribution in [0, 0.1) is 13.8 Å². The van der Waals surface area contributed by atoms with E-state index < -0.39 is 5.97 Å². The minimum absolute atomic E-state index is 0.105. The van der Waals surface area contributed by atoms with Crippen LogP contribution < -0.4 is 0 Å². The van der Waals surface area contributed by atoms with Gasteiger partial charge in [-0.05, 0) is 13.8 Å². The van der Waals surface area contributed by atoms with Crippen molar-refractivity contribution < 1.29 is 9.90 Å². The minimum atomic E-state index is -1.01. The molecule has 0 aromatic carbocycles. The van der Waals surface area contributed by atoms with E-state index in [0.717, 1.165) is 0 Å². The number of carbonyl (C=O) groups is 1. The van der Waals surface area contributed by atoms with E-state index in [2.05, 4.69) is 16.7 Å². The van der Waals surface area contributed by atoms with E-state index in [1.165, 1.54) is 4.68 Å². The summed E-state index contributed by atoms with van der Waals surface area (Å²) in [5.41, 5.74) is 0.105. The molecule has 0 aliphatic rings. The van der Waals surface area contributed by atoms with Crippen LogP contribution in [-0.2, 0) is 11.3 Å². The summed E-state index contributed by atoms with van der Waals surface area (Å²) in [5.74, 6) is 0.322. The third kappa shape index (κ3) is 2.14. The highest BCUT2D eigenvalue weighted by atomic mass is 16.4. The molecule has 0 aliphatic heterocycles. The van der Waals surface area contributed by atoms with Crippen molar-refractivity contribution in [2.75, 3.05) is 0 Å². The van der Waals surface area contributed by atoms with Crippen LogP contribution in [0.1, 0.15) is 11.6 Å². The van der Waals surface area contributed by atoms with Gasteiger partial charge in [0.2, 0.25) is 0 Å². The van der Waals surface area contributed by atoms with Crippen LogP contribution in [0.5, 0.6) is 0 Å². The number of rotatable bonds is 3. The Kier molecular flexibility index (Phi) is 2.46. The van der Waals surface area contributed by atoms with Crippen molar-refractivity contribution in [2.45, 2.75) is 20.4 Å². The van der Waals surface area contributed by atoms with Gasteiger partial charge >= 0.3 is 5.97 Å². The van der Waals surface area contributed by atoms with Crippen molar-refractivity contribution in [2.24, 2.45) is 0 Å². The monoisotopic (exact) mass is 181 g/mol. The second kappa shape index (κ2) is 3.38. The number of hydrogen-bond acceptors (Lipinski definition) is 3. The molecule has 0 aliphatic carbocycles. The molecule has 5 nitrogen and oxygen atoms in total.